The summed E-state index contributed by atoms with van der Waals surface area (Å²) in [4.78, 5) is 0. The Balaban J connectivity index is 3.57. The van der Waals surface area contributed by atoms with E-state index in [9.17, 15) is 0 Å². The van der Waals surface area contributed by atoms with E-state index >= 15 is 0 Å². The predicted molar refractivity (Wildman–Crippen MR) is 54.3 cm³/mol. The van der Waals surface area contributed by atoms with Crippen LogP contribution in [0.2, 0.25) is 0 Å². The molecule has 0 atom stereocenters. The summed E-state index contributed by atoms with van der Waals surface area (Å²) in [5.74, 6) is 0. The van der Waals surface area contributed by atoms with Crippen LogP contribution in [0.25, 0.3) is 0 Å². The van der Waals surface area contributed by atoms with Crippen LogP contribution in [0, 0.1) is 0 Å². The topological polar surface area (TPSA) is 18.5 Å². The molecule has 0 aromatic carbocycles. The van der Waals surface area contributed by atoms with Crippen molar-refractivity contribution in [1.82, 2.24) is 0 Å². The smallest absolute Gasteiger partial charge is 0.142 e. The number of rotatable bonds is 5. The summed E-state index contributed by atoms with van der Waals surface area (Å²) in [5, 5.41) is 0. The molecule has 0 unspecified atom stereocenters. The van der Waals surface area contributed by atoms with Gasteiger partial charge in [0.05, 0.1) is 5.60 Å². The molecule has 2 nitrogen and oxygen atoms in total. The highest BCUT2D eigenvalue weighted by molar-refractivity contribution is 6.13. The zero-order valence-electron chi connectivity index (χ0n) is 9.23. The fourth-order valence-electron chi connectivity index (χ4n) is 0.705. The molecule has 0 saturated carbocycles. The van der Waals surface area contributed by atoms with Crippen LogP contribution in [0.3, 0.4) is 0 Å². The van der Waals surface area contributed by atoms with Crippen LogP contribution >= 0.6 is 0 Å². The van der Waals surface area contributed by atoms with Crippen LogP contribution in [0.15, 0.2) is 0 Å². The third-order valence-corrected chi connectivity index (χ3v) is 1.79. The van der Waals surface area contributed by atoms with Crippen LogP contribution in [0.5, 0.6) is 0 Å². The average Bonchev–Trinajstić information content (AvgIpc) is 1.84. The van der Waals surface area contributed by atoms with Crippen molar-refractivity contribution >= 4 is 7.85 Å². The molecule has 12 heavy (non-hydrogen) atoms. The average molecular weight is 172 g/mol. The van der Waals surface area contributed by atoms with Crippen LogP contribution < -0.4 is 0 Å². The molecule has 0 aliphatic carbocycles. The Morgan fingerprint density at radius 2 is 1.67 bits per heavy atom. The summed E-state index contributed by atoms with van der Waals surface area (Å²) in [6.07, 6.45) is 0.931. The summed E-state index contributed by atoms with van der Waals surface area (Å²) in [6.45, 7) is 9.02. The molecule has 0 saturated heterocycles. The van der Waals surface area contributed by atoms with Gasteiger partial charge in [0.15, 0.2) is 0 Å². The first-order valence-electron chi connectivity index (χ1n) is 4.46. The molecular weight excluding hydrogens is 151 g/mol. The molecule has 0 radical (unpaired) electrons. The molecule has 0 fully saturated rings. The lowest BCUT2D eigenvalue weighted by Gasteiger charge is -2.26. The summed E-state index contributed by atoms with van der Waals surface area (Å²) in [5.41, 5.74) is -0.102. The Kier molecular flexibility index (Phi) is 4.28. The van der Waals surface area contributed by atoms with Gasteiger partial charge in [0.2, 0.25) is 0 Å². The molecule has 72 valence electrons. The molecule has 0 aliphatic rings. The largest absolute Gasteiger partial charge is 0.385 e. The molecular formula is C9H21BO2. The maximum Gasteiger partial charge on any atom is 0.142 e. The lowest BCUT2D eigenvalue weighted by atomic mass is 9.86. The standard InChI is InChI=1S/C9H21BO2/c1-8(2,11-5)6-7-12-9(3,4)10/h6-7,10H2,1-5H3. The Bertz CT molecular complexity index is 127. The molecule has 0 heterocycles. The quantitative estimate of drug-likeness (QED) is 0.580. The Morgan fingerprint density at radius 3 is 2.00 bits per heavy atom. The fraction of sp³-hybridized carbons (Fsp3) is 1.00. The van der Waals surface area contributed by atoms with E-state index in [2.05, 4.69) is 35.5 Å². The zero-order chi connectivity index (χ0) is 9.83. The number of hydrogen-bond acceptors (Lipinski definition) is 2. The van der Waals surface area contributed by atoms with E-state index in [1.54, 1.807) is 7.11 Å². The summed E-state index contributed by atoms with van der Waals surface area (Å²) >= 11 is 0. The molecule has 0 spiro atoms. The lowest BCUT2D eigenvalue weighted by molar-refractivity contribution is -0.0297. The monoisotopic (exact) mass is 172 g/mol. The van der Waals surface area contributed by atoms with E-state index in [1.165, 1.54) is 0 Å². The zero-order valence-corrected chi connectivity index (χ0v) is 9.23. The van der Waals surface area contributed by atoms with Gasteiger partial charge in [-0.25, -0.2) is 0 Å². The van der Waals surface area contributed by atoms with E-state index in [0.717, 1.165) is 13.0 Å². The first-order valence-corrected chi connectivity index (χ1v) is 4.46. The molecule has 0 aliphatic heterocycles. The maximum atomic E-state index is 5.59. The number of ether oxygens (including phenoxy) is 2. The van der Waals surface area contributed by atoms with Gasteiger partial charge in [0, 0.05) is 19.2 Å². The first-order chi connectivity index (χ1) is 5.27. The number of methoxy groups -OCH3 is 1. The van der Waals surface area contributed by atoms with Gasteiger partial charge in [-0.15, -0.1) is 0 Å². The molecule has 0 rings (SSSR count). The molecule has 0 aromatic rings. The van der Waals surface area contributed by atoms with Gasteiger partial charge in [-0.3, -0.25) is 0 Å². The third kappa shape index (κ3) is 6.68. The van der Waals surface area contributed by atoms with Crippen molar-refractivity contribution in [3.8, 4) is 0 Å². The Hall–Kier alpha value is -0.0151. The Morgan fingerprint density at radius 1 is 1.17 bits per heavy atom. The van der Waals surface area contributed by atoms with Crippen molar-refractivity contribution in [3.63, 3.8) is 0 Å². The highest BCUT2D eigenvalue weighted by Gasteiger charge is 2.18. The van der Waals surface area contributed by atoms with E-state index in [0.29, 0.717) is 0 Å². The van der Waals surface area contributed by atoms with Crippen LogP contribution in [0.4, 0.5) is 0 Å². The first kappa shape index (κ1) is 12.0. The second-order valence-electron chi connectivity index (χ2n) is 4.67. The van der Waals surface area contributed by atoms with Crippen LogP contribution in [-0.4, -0.2) is 32.7 Å². The minimum atomic E-state index is -0.0642. The number of hydrogen-bond donors (Lipinski definition) is 0. The van der Waals surface area contributed by atoms with Crippen molar-refractivity contribution in [2.75, 3.05) is 13.7 Å². The minimum Gasteiger partial charge on any atom is -0.385 e. The lowest BCUT2D eigenvalue weighted by Crippen LogP contribution is -2.30. The van der Waals surface area contributed by atoms with Gasteiger partial charge in [0.1, 0.15) is 7.85 Å². The highest BCUT2D eigenvalue weighted by atomic mass is 16.5. The van der Waals surface area contributed by atoms with Gasteiger partial charge in [-0.2, -0.15) is 0 Å². The molecule has 3 heteroatoms. The second-order valence-corrected chi connectivity index (χ2v) is 4.67. The van der Waals surface area contributed by atoms with Crippen molar-refractivity contribution in [1.29, 1.82) is 0 Å². The minimum absolute atomic E-state index is 0.0379. The Labute approximate surface area is 77.0 Å². The maximum absolute atomic E-state index is 5.59. The van der Waals surface area contributed by atoms with Crippen molar-refractivity contribution in [2.45, 2.75) is 45.2 Å². The van der Waals surface area contributed by atoms with Crippen molar-refractivity contribution in [3.05, 3.63) is 0 Å². The van der Waals surface area contributed by atoms with E-state index in [-0.39, 0.29) is 11.1 Å². The highest BCUT2D eigenvalue weighted by Crippen LogP contribution is 2.14. The molecule has 0 aromatic heterocycles. The van der Waals surface area contributed by atoms with Gasteiger partial charge >= 0.3 is 0 Å². The normalized spacial score (nSPS) is 13.4. The third-order valence-electron chi connectivity index (χ3n) is 1.79. The predicted octanol–water partition coefficient (Wildman–Crippen LogP) is 1.19. The van der Waals surface area contributed by atoms with E-state index in [1.807, 2.05) is 0 Å². The van der Waals surface area contributed by atoms with Crippen LogP contribution in [-0.2, 0) is 9.47 Å². The van der Waals surface area contributed by atoms with Gasteiger partial charge < -0.3 is 9.47 Å². The van der Waals surface area contributed by atoms with Gasteiger partial charge in [-0.05, 0) is 34.1 Å². The van der Waals surface area contributed by atoms with Gasteiger partial charge in [-0.1, -0.05) is 0 Å². The SMILES string of the molecule is BC(C)(C)OCCC(C)(C)OC. The summed E-state index contributed by atoms with van der Waals surface area (Å²) in [7, 11) is 3.80. The molecule has 0 N–H and O–H groups in total. The second kappa shape index (κ2) is 4.29. The molecule has 0 amide bonds. The summed E-state index contributed by atoms with van der Waals surface area (Å²) in [6, 6.07) is 0. The van der Waals surface area contributed by atoms with E-state index < -0.39 is 0 Å². The van der Waals surface area contributed by atoms with Crippen LogP contribution in [0.1, 0.15) is 34.1 Å². The van der Waals surface area contributed by atoms with E-state index in [4.69, 9.17) is 9.47 Å². The molecule has 0 bridgehead atoms. The van der Waals surface area contributed by atoms with Crippen molar-refractivity contribution < 1.29 is 9.47 Å². The van der Waals surface area contributed by atoms with Gasteiger partial charge in [0.25, 0.3) is 0 Å². The van der Waals surface area contributed by atoms with Crippen molar-refractivity contribution in [2.24, 2.45) is 0 Å². The summed E-state index contributed by atoms with van der Waals surface area (Å²) < 4.78 is 10.9. The fourth-order valence-corrected chi connectivity index (χ4v) is 0.705.